The average Bonchev–Trinajstić information content (AvgIpc) is 2.36. The van der Waals surface area contributed by atoms with E-state index < -0.39 is 11.7 Å². The summed E-state index contributed by atoms with van der Waals surface area (Å²) < 4.78 is 12.7. The fourth-order valence-electron chi connectivity index (χ4n) is 1.27. The molecule has 0 aliphatic carbocycles. The molecule has 0 fully saturated rings. The van der Waals surface area contributed by atoms with Crippen molar-refractivity contribution in [3.8, 4) is 0 Å². The number of carbonyl (C=O) groups is 1. The van der Waals surface area contributed by atoms with Crippen molar-refractivity contribution in [1.82, 2.24) is 10.6 Å². The van der Waals surface area contributed by atoms with Crippen LogP contribution in [0.15, 0.2) is 24.3 Å². The second-order valence-electron chi connectivity index (χ2n) is 3.72. The smallest absolute Gasteiger partial charge is 0.257 e. The van der Waals surface area contributed by atoms with E-state index in [9.17, 15) is 9.18 Å². The normalized spacial score (nSPS) is 11.7. The van der Waals surface area contributed by atoms with E-state index in [0.717, 1.165) is 0 Å². The first-order valence-electron chi connectivity index (χ1n) is 5.55. The number of hydrogen-bond acceptors (Lipinski definition) is 3. The van der Waals surface area contributed by atoms with E-state index in [-0.39, 0.29) is 17.8 Å². The van der Waals surface area contributed by atoms with Crippen molar-refractivity contribution in [3.63, 3.8) is 0 Å². The highest BCUT2D eigenvalue weighted by Gasteiger charge is 2.10. The van der Waals surface area contributed by atoms with E-state index >= 15 is 0 Å². The topological polar surface area (TPSA) is 61.4 Å². The maximum Gasteiger partial charge on any atom is 0.257 e. The third-order valence-electron chi connectivity index (χ3n) is 2.38. The average molecular weight is 270 g/mol. The van der Waals surface area contributed by atoms with Gasteiger partial charge in [0.15, 0.2) is 5.11 Å². The number of aliphatic hydroxyl groups is 1. The Labute approximate surface area is 110 Å². The first-order valence-corrected chi connectivity index (χ1v) is 5.96. The molecule has 1 aromatic rings. The minimum atomic E-state index is -0.416. The van der Waals surface area contributed by atoms with Crippen molar-refractivity contribution in [3.05, 3.63) is 35.6 Å². The second kappa shape index (κ2) is 7.03. The van der Waals surface area contributed by atoms with Gasteiger partial charge in [0.1, 0.15) is 5.82 Å². The third kappa shape index (κ3) is 4.38. The molecular weight excluding hydrogens is 255 g/mol. The molecule has 0 aliphatic rings. The molecule has 0 aliphatic heterocycles. The van der Waals surface area contributed by atoms with Gasteiger partial charge in [-0.2, -0.15) is 0 Å². The quantitative estimate of drug-likeness (QED) is 0.720. The van der Waals surface area contributed by atoms with Crippen LogP contribution < -0.4 is 10.6 Å². The molecular formula is C12H15FN2O2S. The highest BCUT2D eigenvalue weighted by atomic mass is 32.1. The fraction of sp³-hybridized carbons (Fsp3) is 0.333. The molecule has 4 nitrogen and oxygen atoms in total. The molecule has 3 N–H and O–H groups in total. The summed E-state index contributed by atoms with van der Waals surface area (Å²) in [5, 5.41) is 14.4. The number of carbonyl (C=O) groups excluding carboxylic acids is 1. The minimum absolute atomic E-state index is 0.0664. The Morgan fingerprint density at radius 2 is 2.06 bits per heavy atom. The van der Waals surface area contributed by atoms with Crippen molar-refractivity contribution in [2.24, 2.45) is 0 Å². The van der Waals surface area contributed by atoms with Crippen LogP contribution in [-0.2, 0) is 0 Å². The van der Waals surface area contributed by atoms with Crippen LogP contribution in [0.4, 0.5) is 4.39 Å². The van der Waals surface area contributed by atoms with Crippen LogP contribution in [-0.4, -0.2) is 28.8 Å². The van der Waals surface area contributed by atoms with E-state index in [2.05, 4.69) is 10.6 Å². The molecule has 6 heteroatoms. The number of amides is 1. The molecule has 1 atom stereocenters. The van der Waals surface area contributed by atoms with Gasteiger partial charge in [-0.3, -0.25) is 10.1 Å². The Balaban J connectivity index is 2.54. The number of nitrogens with one attached hydrogen (secondary N) is 2. The molecule has 0 bridgehead atoms. The fourth-order valence-corrected chi connectivity index (χ4v) is 1.53. The van der Waals surface area contributed by atoms with Crippen LogP contribution in [0.2, 0.25) is 0 Å². The third-order valence-corrected chi connectivity index (χ3v) is 2.60. The minimum Gasteiger partial charge on any atom is -0.394 e. The first kappa shape index (κ1) is 14.5. The lowest BCUT2D eigenvalue weighted by molar-refractivity contribution is 0.0976. The van der Waals surface area contributed by atoms with Gasteiger partial charge in [0, 0.05) is 5.56 Å². The summed E-state index contributed by atoms with van der Waals surface area (Å²) in [6.45, 7) is 1.82. The molecule has 1 aromatic carbocycles. The zero-order valence-corrected chi connectivity index (χ0v) is 10.8. The van der Waals surface area contributed by atoms with E-state index in [0.29, 0.717) is 12.0 Å². The standard InChI is InChI=1S/C12H15FN2O2S/c1-2-10(7-16)14-12(18)15-11(17)8-3-5-9(13)6-4-8/h3-6,10,16H,2,7H2,1H3,(H2,14,15,17,18). The lowest BCUT2D eigenvalue weighted by Gasteiger charge is -2.16. The summed E-state index contributed by atoms with van der Waals surface area (Å²) in [6.07, 6.45) is 0.684. The summed E-state index contributed by atoms with van der Waals surface area (Å²) in [6, 6.07) is 4.96. The second-order valence-corrected chi connectivity index (χ2v) is 4.13. The highest BCUT2D eigenvalue weighted by molar-refractivity contribution is 7.80. The number of benzene rings is 1. The van der Waals surface area contributed by atoms with E-state index in [1.807, 2.05) is 6.92 Å². The summed E-state index contributed by atoms with van der Waals surface area (Å²) >= 11 is 4.94. The molecule has 1 rings (SSSR count). The first-order chi connectivity index (χ1) is 8.56. The molecule has 0 saturated carbocycles. The van der Waals surface area contributed by atoms with Gasteiger partial charge < -0.3 is 10.4 Å². The van der Waals surface area contributed by atoms with Crippen molar-refractivity contribution < 1.29 is 14.3 Å². The molecule has 1 amide bonds. The molecule has 0 radical (unpaired) electrons. The molecule has 0 heterocycles. The van der Waals surface area contributed by atoms with Gasteiger partial charge in [-0.1, -0.05) is 6.92 Å². The zero-order valence-electron chi connectivity index (χ0n) is 9.94. The van der Waals surface area contributed by atoms with Crippen LogP contribution in [0.3, 0.4) is 0 Å². The van der Waals surface area contributed by atoms with Gasteiger partial charge in [0.05, 0.1) is 12.6 Å². The van der Waals surface area contributed by atoms with Crippen LogP contribution in [0, 0.1) is 5.82 Å². The predicted molar refractivity (Wildman–Crippen MR) is 70.8 cm³/mol. The number of thiocarbonyl (C=S) groups is 1. The van der Waals surface area contributed by atoms with E-state index in [1.54, 1.807) is 0 Å². The van der Waals surface area contributed by atoms with Gasteiger partial charge in [-0.05, 0) is 42.9 Å². The zero-order chi connectivity index (χ0) is 13.5. The SMILES string of the molecule is CCC(CO)NC(=S)NC(=O)c1ccc(F)cc1. The molecule has 0 aromatic heterocycles. The van der Waals surface area contributed by atoms with Gasteiger partial charge >= 0.3 is 0 Å². The van der Waals surface area contributed by atoms with Crippen LogP contribution >= 0.6 is 12.2 Å². The Hall–Kier alpha value is -1.53. The molecule has 0 spiro atoms. The Morgan fingerprint density at radius 1 is 1.44 bits per heavy atom. The molecule has 1 unspecified atom stereocenters. The van der Waals surface area contributed by atoms with Crippen molar-refractivity contribution >= 4 is 23.2 Å². The molecule has 98 valence electrons. The summed E-state index contributed by atoms with van der Waals surface area (Å²) in [7, 11) is 0. The van der Waals surface area contributed by atoms with Gasteiger partial charge in [-0.25, -0.2) is 4.39 Å². The summed E-state index contributed by atoms with van der Waals surface area (Å²) in [5.41, 5.74) is 0.317. The van der Waals surface area contributed by atoms with E-state index in [1.165, 1.54) is 24.3 Å². The van der Waals surface area contributed by atoms with Gasteiger partial charge in [-0.15, -0.1) is 0 Å². The van der Waals surface area contributed by atoms with E-state index in [4.69, 9.17) is 17.3 Å². The number of aliphatic hydroxyl groups excluding tert-OH is 1. The number of halogens is 1. The number of hydrogen-bond donors (Lipinski definition) is 3. The van der Waals surface area contributed by atoms with Crippen LogP contribution in [0.1, 0.15) is 23.7 Å². The maximum absolute atomic E-state index is 12.7. The summed E-state index contributed by atoms with van der Waals surface area (Å²) in [4.78, 5) is 11.7. The maximum atomic E-state index is 12.7. The highest BCUT2D eigenvalue weighted by Crippen LogP contribution is 2.02. The molecule has 0 saturated heterocycles. The Morgan fingerprint density at radius 3 is 2.56 bits per heavy atom. The van der Waals surface area contributed by atoms with Crippen LogP contribution in [0.5, 0.6) is 0 Å². The largest absolute Gasteiger partial charge is 0.394 e. The van der Waals surface area contributed by atoms with Crippen molar-refractivity contribution in [1.29, 1.82) is 0 Å². The summed E-state index contributed by atoms with van der Waals surface area (Å²) in [5.74, 6) is -0.820. The van der Waals surface area contributed by atoms with Crippen molar-refractivity contribution in [2.75, 3.05) is 6.61 Å². The monoisotopic (exact) mass is 270 g/mol. The van der Waals surface area contributed by atoms with Crippen LogP contribution in [0.25, 0.3) is 0 Å². The lowest BCUT2D eigenvalue weighted by Crippen LogP contribution is -2.45. The van der Waals surface area contributed by atoms with Gasteiger partial charge in [0.2, 0.25) is 0 Å². The Bertz CT molecular complexity index is 419. The van der Waals surface area contributed by atoms with Crippen molar-refractivity contribution in [2.45, 2.75) is 19.4 Å². The number of rotatable bonds is 4. The molecule has 18 heavy (non-hydrogen) atoms. The lowest BCUT2D eigenvalue weighted by atomic mass is 10.2. The predicted octanol–water partition coefficient (Wildman–Crippen LogP) is 1.20. The Kier molecular flexibility index (Phi) is 5.67. The van der Waals surface area contributed by atoms with Gasteiger partial charge in [0.25, 0.3) is 5.91 Å².